The molecular formula is C4H6Cl. The predicted molar refractivity (Wildman–Crippen MR) is 25.0 cm³/mol. The minimum absolute atomic E-state index is 0.741. The summed E-state index contributed by atoms with van der Waals surface area (Å²) in [6.45, 7) is 5.18. The van der Waals surface area contributed by atoms with Crippen LogP contribution in [0.25, 0.3) is 0 Å². The van der Waals surface area contributed by atoms with Crippen molar-refractivity contribution in [3.63, 3.8) is 0 Å². The van der Waals surface area contributed by atoms with E-state index in [1.54, 1.807) is 13.0 Å². The van der Waals surface area contributed by atoms with Crippen LogP contribution in [0.5, 0.6) is 0 Å². The van der Waals surface area contributed by atoms with Gasteiger partial charge in [-0.2, -0.15) is 0 Å². The molecule has 0 aliphatic rings. The van der Waals surface area contributed by atoms with E-state index in [1.165, 1.54) is 0 Å². The van der Waals surface area contributed by atoms with Crippen LogP contribution >= 0.6 is 11.6 Å². The summed E-state index contributed by atoms with van der Waals surface area (Å²) in [7, 11) is 0. The highest BCUT2D eigenvalue weighted by molar-refractivity contribution is 6.27. The molecule has 0 atom stereocenters. The summed E-state index contributed by atoms with van der Waals surface area (Å²) in [5, 5.41) is 0.741. The Labute approximate surface area is 37.4 Å². The topological polar surface area (TPSA) is 0 Å². The number of allylic oxidation sites excluding steroid dienone is 1. The van der Waals surface area contributed by atoms with Gasteiger partial charge in [0.05, 0.1) is 5.38 Å². The van der Waals surface area contributed by atoms with Gasteiger partial charge in [0.15, 0.2) is 0 Å². The van der Waals surface area contributed by atoms with Gasteiger partial charge >= 0.3 is 0 Å². The highest BCUT2D eigenvalue weighted by Gasteiger charge is 1.79. The van der Waals surface area contributed by atoms with Gasteiger partial charge in [0.2, 0.25) is 0 Å². The van der Waals surface area contributed by atoms with Crippen molar-refractivity contribution in [1.29, 1.82) is 0 Å². The molecule has 0 saturated heterocycles. The minimum atomic E-state index is 0.741. The Morgan fingerprint density at radius 2 is 2.20 bits per heavy atom. The highest BCUT2D eigenvalue weighted by atomic mass is 35.5. The van der Waals surface area contributed by atoms with E-state index in [0.29, 0.717) is 0 Å². The molecule has 0 N–H and O–H groups in total. The Morgan fingerprint density at radius 3 is 2.20 bits per heavy atom. The quantitative estimate of drug-likeness (QED) is 0.461. The van der Waals surface area contributed by atoms with Gasteiger partial charge in [-0.3, -0.25) is 0 Å². The normalized spacial score (nSPS) is 8.60. The van der Waals surface area contributed by atoms with Crippen LogP contribution < -0.4 is 0 Å². The Balaban J connectivity index is 2.83. The molecular weight excluding hydrogens is 83.5 g/mol. The third kappa shape index (κ3) is 4.03. The van der Waals surface area contributed by atoms with E-state index in [1.807, 2.05) is 0 Å². The molecule has 0 unspecified atom stereocenters. The summed E-state index contributed by atoms with van der Waals surface area (Å²) in [6, 6.07) is 0. The van der Waals surface area contributed by atoms with Gasteiger partial charge < -0.3 is 0 Å². The maximum Gasteiger partial charge on any atom is 0.0818 e. The summed E-state index contributed by atoms with van der Waals surface area (Å²) in [4.78, 5) is 0. The van der Waals surface area contributed by atoms with E-state index in [-0.39, 0.29) is 0 Å². The van der Waals surface area contributed by atoms with Crippen molar-refractivity contribution in [1.82, 2.24) is 0 Å². The molecule has 0 spiro atoms. The van der Waals surface area contributed by atoms with Crippen molar-refractivity contribution in [3.05, 3.63) is 18.0 Å². The first-order valence-electron chi connectivity index (χ1n) is 1.39. The average molecular weight is 89.5 g/mol. The van der Waals surface area contributed by atoms with E-state index in [0.717, 1.165) is 5.38 Å². The van der Waals surface area contributed by atoms with Gasteiger partial charge in [-0.1, -0.05) is 6.08 Å². The van der Waals surface area contributed by atoms with Crippen LogP contribution in [0.2, 0.25) is 0 Å². The van der Waals surface area contributed by atoms with Crippen molar-refractivity contribution in [3.8, 4) is 0 Å². The largest absolute Gasteiger partial charge is 0.113 e. The fourth-order valence-electron chi connectivity index (χ4n) is 0. The Bertz CT molecular complexity index is 30.6. The molecule has 0 aliphatic carbocycles. The van der Waals surface area contributed by atoms with Crippen LogP contribution in [0.3, 0.4) is 0 Å². The maximum absolute atomic E-state index is 5.26. The fourth-order valence-corrected chi connectivity index (χ4v) is 0. The van der Waals surface area contributed by atoms with Gasteiger partial charge in [0.25, 0.3) is 0 Å². The SMILES string of the molecule is C=C[C](C)Cl. The van der Waals surface area contributed by atoms with Crippen LogP contribution in [0.1, 0.15) is 6.92 Å². The first kappa shape index (κ1) is 5.03. The molecule has 0 aromatic rings. The molecule has 5 heavy (non-hydrogen) atoms. The van der Waals surface area contributed by atoms with Crippen LogP contribution in [0.4, 0.5) is 0 Å². The van der Waals surface area contributed by atoms with Gasteiger partial charge in [0, 0.05) is 0 Å². The van der Waals surface area contributed by atoms with Gasteiger partial charge in [-0.25, -0.2) is 0 Å². The second kappa shape index (κ2) is 2.28. The van der Waals surface area contributed by atoms with Gasteiger partial charge in [-0.05, 0) is 6.92 Å². The number of rotatable bonds is 1. The molecule has 0 nitrogen and oxygen atoms in total. The van der Waals surface area contributed by atoms with Crippen LogP contribution in [0, 0.1) is 5.38 Å². The molecule has 0 aromatic carbocycles. The lowest BCUT2D eigenvalue weighted by atomic mass is 10.5. The molecule has 0 heterocycles. The summed E-state index contributed by atoms with van der Waals surface area (Å²) in [5.41, 5.74) is 0. The molecule has 0 aromatic heterocycles. The lowest BCUT2D eigenvalue weighted by Crippen LogP contribution is -1.60. The third-order valence-corrected chi connectivity index (χ3v) is 0.436. The summed E-state index contributed by atoms with van der Waals surface area (Å²) in [5.74, 6) is 0. The van der Waals surface area contributed by atoms with E-state index < -0.39 is 0 Å². The summed E-state index contributed by atoms with van der Waals surface area (Å²) < 4.78 is 0. The van der Waals surface area contributed by atoms with Gasteiger partial charge in [0.1, 0.15) is 0 Å². The number of hydrogen-bond acceptors (Lipinski definition) is 0. The zero-order chi connectivity index (χ0) is 4.28. The Morgan fingerprint density at radius 1 is 2.00 bits per heavy atom. The molecule has 0 aliphatic heterocycles. The fraction of sp³-hybridized carbons (Fsp3) is 0.250. The molecule has 0 fully saturated rings. The zero-order valence-electron chi connectivity index (χ0n) is 3.16. The average Bonchev–Trinajstić information content (AvgIpc) is 1.38. The summed E-state index contributed by atoms with van der Waals surface area (Å²) in [6.07, 6.45) is 1.60. The molecule has 0 bridgehead atoms. The monoisotopic (exact) mass is 89.0 g/mol. The molecule has 1 radical (unpaired) electrons. The first-order chi connectivity index (χ1) is 2.27. The van der Waals surface area contributed by atoms with Gasteiger partial charge in [-0.15, -0.1) is 18.2 Å². The van der Waals surface area contributed by atoms with Crippen molar-refractivity contribution >= 4 is 11.6 Å². The zero-order valence-corrected chi connectivity index (χ0v) is 3.92. The van der Waals surface area contributed by atoms with E-state index in [9.17, 15) is 0 Å². The van der Waals surface area contributed by atoms with E-state index in [2.05, 4.69) is 6.58 Å². The van der Waals surface area contributed by atoms with E-state index in [4.69, 9.17) is 11.6 Å². The predicted octanol–water partition coefficient (Wildman–Crippen LogP) is 1.96. The van der Waals surface area contributed by atoms with E-state index >= 15 is 0 Å². The molecule has 1 heteroatoms. The van der Waals surface area contributed by atoms with Crippen molar-refractivity contribution in [2.24, 2.45) is 0 Å². The van der Waals surface area contributed by atoms with Crippen molar-refractivity contribution in [2.75, 3.05) is 0 Å². The second-order valence-corrected chi connectivity index (χ2v) is 1.39. The minimum Gasteiger partial charge on any atom is -0.113 e. The van der Waals surface area contributed by atoms with Crippen molar-refractivity contribution < 1.29 is 0 Å². The highest BCUT2D eigenvalue weighted by Crippen LogP contribution is 2.01. The molecule has 0 rings (SSSR count). The summed E-state index contributed by atoms with van der Waals surface area (Å²) >= 11 is 5.26. The van der Waals surface area contributed by atoms with Crippen LogP contribution in [0.15, 0.2) is 12.7 Å². The number of halogens is 1. The number of hydrogen-bond donors (Lipinski definition) is 0. The maximum atomic E-state index is 5.26. The lowest BCUT2D eigenvalue weighted by molar-refractivity contribution is 1.48. The Hall–Kier alpha value is 0.0300. The van der Waals surface area contributed by atoms with Crippen LogP contribution in [-0.2, 0) is 0 Å². The molecule has 29 valence electrons. The second-order valence-electron chi connectivity index (χ2n) is 0.791. The first-order valence-corrected chi connectivity index (χ1v) is 1.76. The lowest BCUT2D eigenvalue weighted by Gasteiger charge is -1.79. The Kier molecular flexibility index (Phi) is 2.29. The third-order valence-electron chi connectivity index (χ3n) is 0.281. The van der Waals surface area contributed by atoms with Crippen LogP contribution in [-0.4, -0.2) is 0 Å². The molecule has 0 amide bonds. The standard InChI is InChI=1S/C4H6Cl/c1-3-4(2)5/h3H,1H2,2H3. The van der Waals surface area contributed by atoms with Crippen molar-refractivity contribution in [2.45, 2.75) is 6.92 Å². The molecule has 0 saturated carbocycles. The smallest absolute Gasteiger partial charge is 0.0818 e.